The van der Waals surface area contributed by atoms with Crippen LogP contribution in [0, 0.1) is 25.6 Å². The van der Waals surface area contributed by atoms with Crippen molar-refractivity contribution in [2.75, 3.05) is 18.0 Å². The molecule has 0 bridgehead atoms. The molecule has 1 saturated heterocycles. The van der Waals surface area contributed by atoms with E-state index in [0.29, 0.717) is 28.4 Å². The number of aryl methyl sites for hydroxylation is 2. The van der Waals surface area contributed by atoms with E-state index >= 15 is 0 Å². The summed E-state index contributed by atoms with van der Waals surface area (Å²) < 4.78 is 13.5. The molecule has 2 aliphatic rings. The van der Waals surface area contributed by atoms with E-state index in [-0.39, 0.29) is 17.6 Å². The Balaban J connectivity index is 1.85. The molecule has 4 rings (SSSR count). The number of anilines is 1. The van der Waals surface area contributed by atoms with Gasteiger partial charge in [0.25, 0.3) is 11.8 Å². The molecule has 0 aromatic heterocycles. The summed E-state index contributed by atoms with van der Waals surface area (Å²) in [6.07, 6.45) is 2.09. The summed E-state index contributed by atoms with van der Waals surface area (Å²) in [6, 6.07) is 11.6. The molecule has 2 aliphatic heterocycles. The second kappa shape index (κ2) is 7.47. The van der Waals surface area contributed by atoms with Crippen molar-refractivity contribution in [2.45, 2.75) is 33.6 Å². The van der Waals surface area contributed by atoms with Gasteiger partial charge in [0.2, 0.25) is 0 Å². The summed E-state index contributed by atoms with van der Waals surface area (Å²) in [5.74, 6) is -0.560. The highest BCUT2D eigenvalue weighted by molar-refractivity contribution is 6.45. The minimum atomic E-state index is -0.370. The van der Waals surface area contributed by atoms with Gasteiger partial charge in [0, 0.05) is 13.1 Å². The number of carbonyl (C=O) groups is 2. The zero-order valence-electron chi connectivity index (χ0n) is 17.0. The average Bonchev–Trinajstić information content (AvgIpc) is 2.95. The van der Waals surface area contributed by atoms with Gasteiger partial charge in [-0.05, 0) is 67.5 Å². The Morgan fingerprint density at radius 3 is 2.41 bits per heavy atom. The van der Waals surface area contributed by atoms with E-state index in [0.717, 1.165) is 37.1 Å². The monoisotopic (exact) mass is 392 g/mol. The summed E-state index contributed by atoms with van der Waals surface area (Å²) in [4.78, 5) is 30.4. The molecule has 2 aromatic rings. The van der Waals surface area contributed by atoms with Crippen LogP contribution in [0.25, 0.3) is 5.57 Å². The predicted octanol–water partition coefficient (Wildman–Crippen LogP) is 4.46. The van der Waals surface area contributed by atoms with Crippen LogP contribution in [0.3, 0.4) is 0 Å². The molecule has 29 heavy (non-hydrogen) atoms. The maximum Gasteiger partial charge on any atom is 0.282 e. The predicted molar refractivity (Wildman–Crippen MR) is 112 cm³/mol. The highest BCUT2D eigenvalue weighted by Crippen LogP contribution is 2.37. The van der Waals surface area contributed by atoms with Crippen LogP contribution in [0.2, 0.25) is 0 Å². The topological polar surface area (TPSA) is 40.6 Å². The second-order valence-electron chi connectivity index (χ2n) is 8.16. The lowest BCUT2D eigenvalue weighted by molar-refractivity contribution is -0.120. The maximum atomic E-state index is 13.6. The van der Waals surface area contributed by atoms with Crippen molar-refractivity contribution >= 4 is 23.1 Å². The first-order valence-electron chi connectivity index (χ1n) is 10.1. The Bertz CT molecular complexity index is 1010. The number of rotatable bonds is 3. The Kier molecular flexibility index (Phi) is 4.99. The number of hydrogen-bond donors (Lipinski definition) is 0. The first-order valence-corrected chi connectivity index (χ1v) is 10.1. The van der Waals surface area contributed by atoms with E-state index in [1.165, 1.54) is 17.0 Å². The molecular formula is C24H25FN2O2. The number of nitrogens with zero attached hydrogens (tertiary/aromatic N) is 2. The number of likely N-dealkylation sites (tertiary alicyclic amines) is 1. The van der Waals surface area contributed by atoms with Crippen LogP contribution in [0.1, 0.15) is 36.5 Å². The molecule has 1 unspecified atom stereocenters. The Morgan fingerprint density at radius 1 is 1.00 bits per heavy atom. The van der Waals surface area contributed by atoms with E-state index < -0.39 is 0 Å². The van der Waals surface area contributed by atoms with Gasteiger partial charge in [-0.15, -0.1) is 0 Å². The fourth-order valence-electron chi connectivity index (χ4n) is 4.26. The van der Waals surface area contributed by atoms with Crippen molar-refractivity contribution in [2.24, 2.45) is 5.92 Å². The zero-order valence-corrected chi connectivity index (χ0v) is 17.0. The number of piperidine rings is 1. The first-order chi connectivity index (χ1) is 13.9. The molecule has 2 heterocycles. The molecule has 0 saturated carbocycles. The van der Waals surface area contributed by atoms with Gasteiger partial charge in [-0.3, -0.25) is 9.59 Å². The summed E-state index contributed by atoms with van der Waals surface area (Å²) in [6.45, 7) is 7.47. The molecule has 0 N–H and O–H groups in total. The molecule has 0 aliphatic carbocycles. The van der Waals surface area contributed by atoms with Crippen molar-refractivity contribution in [3.05, 3.63) is 70.7 Å². The Hall–Kier alpha value is -2.95. The number of carbonyl (C=O) groups excluding carboxylic acids is 2. The zero-order chi connectivity index (χ0) is 20.7. The van der Waals surface area contributed by atoms with E-state index in [1.807, 2.05) is 36.9 Å². The van der Waals surface area contributed by atoms with E-state index in [9.17, 15) is 14.0 Å². The van der Waals surface area contributed by atoms with E-state index in [2.05, 4.69) is 6.92 Å². The fraction of sp³-hybridized carbons (Fsp3) is 0.333. The smallest absolute Gasteiger partial charge is 0.282 e. The van der Waals surface area contributed by atoms with E-state index in [4.69, 9.17) is 0 Å². The molecule has 150 valence electrons. The van der Waals surface area contributed by atoms with Crippen molar-refractivity contribution < 1.29 is 14.0 Å². The van der Waals surface area contributed by atoms with Gasteiger partial charge in [-0.25, -0.2) is 9.29 Å². The van der Waals surface area contributed by atoms with Gasteiger partial charge in [0.15, 0.2) is 0 Å². The van der Waals surface area contributed by atoms with Crippen LogP contribution in [0.5, 0.6) is 0 Å². The van der Waals surface area contributed by atoms with Crippen LogP contribution in [0.4, 0.5) is 10.1 Å². The SMILES string of the molecule is Cc1ccc(C)c(N2C(=O)C(c3ccc(F)cc3)=C(N3CCCC(C)C3)C2=O)c1. The third kappa shape index (κ3) is 3.46. The highest BCUT2D eigenvalue weighted by atomic mass is 19.1. The number of hydrogen-bond acceptors (Lipinski definition) is 3. The first kappa shape index (κ1) is 19.4. The molecule has 5 heteroatoms. The normalized spacial score (nSPS) is 20.1. The molecule has 0 spiro atoms. The lowest BCUT2D eigenvalue weighted by Crippen LogP contribution is -2.39. The highest BCUT2D eigenvalue weighted by Gasteiger charge is 2.43. The van der Waals surface area contributed by atoms with Crippen LogP contribution >= 0.6 is 0 Å². The summed E-state index contributed by atoms with van der Waals surface area (Å²) in [5.41, 5.74) is 3.84. The number of amides is 2. The Labute approximate surface area is 170 Å². The Morgan fingerprint density at radius 2 is 1.72 bits per heavy atom. The van der Waals surface area contributed by atoms with Gasteiger partial charge < -0.3 is 4.90 Å². The van der Waals surface area contributed by atoms with Gasteiger partial charge in [-0.2, -0.15) is 0 Å². The largest absolute Gasteiger partial charge is 0.366 e. The number of benzene rings is 2. The van der Waals surface area contributed by atoms with Crippen molar-refractivity contribution in [1.29, 1.82) is 0 Å². The molecule has 2 amide bonds. The minimum absolute atomic E-state index is 0.294. The molecule has 2 aromatic carbocycles. The quantitative estimate of drug-likeness (QED) is 0.724. The van der Waals surface area contributed by atoms with Crippen LogP contribution in [-0.4, -0.2) is 29.8 Å². The van der Waals surface area contributed by atoms with Gasteiger partial charge in [0.1, 0.15) is 11.5 Å². The third-order valence-electron chi connectivity index (χ3n) is 5.77. The van der Waals surface area contributed by atoms with E-state index in [1.54, 1.807) is 12.1 Å². The van der Waals surface area contributed by atoms with Crippen molar-refractivity contribution in [3.8, 4) is 0 Å². The van der Waals surface area contributed by atoms with Crippen molar-refractivity contribution in [1.82, 2.24) is 4.90 Å². The lowest BCUT2D eigenvalue weighted by Gasteiger charge is -2.33. The standard InChI is InChI=1S/C24H25FN2O2/c1-15-6-7-17(3)20(13-15)27-23(28)21(18-8-10-19(25)11-9-18)22(24(27)29)26-12-4-5-16(2)14-26/h6-11,13,16H,4-5,12,14H2,1-3H3. The molecule has 1 fully saturated rings. The molecule has 1 atom stereocenters. The maximum absolute atomic E-state index is 13.6. The summed E-state index contributed by atoms with van der Waals surface area (Å²) in [7, 11) is 0. The van der Waals surface area contributed by atoms with Crippen LogP contribution in [0.15, 0.2) is 48.2 Å². The van der Waals surface area contributed by atoms with Gasteiger partial charge >= 0.3 is 0 Å². The second-order valence-corrected chi connectivity index (χ2v) is 8.16. The summed E-state index contributed by atoms with van der Waals surface area (Å²) in [5, 5.41) is 0. The summed E-state index contributed by atoms with van der Waals surface area (Å²) >= 11 is 0. The number of imide groups is 1. The fourth-order valence-corrected chi connectivity index (χ4v) is 4.26. The molecular weight excluding hydrogens is 367 g/mol. The number of halogens is 1. The molecule has 4 nitrogen and oxygen atoms in total. The van der Waals surface area contributed by atoms with Gasteiger partial charge in [-0.1, -0.05) is 31.2 Å². The van der Waals surface area contributed by atoms with Crippen molar-refractivity contribution in [3.63, 3.8) is 0 Å². The average molecular weight is 392 g/mol. The third-order valence-corrected chi connectivity index (χ3v) is 5.77. The minimum Gasteiger partial charge on any atom is -0.366 e. The lowest BCUT2D eigenvalue weighted by atomic mass is 9.98. The van der Waals surface area contributed by atoms with Crippen LogP contribution < -0.4 is 4.90 Å². The van der Waals surface area contributed by atoms with Crippen LogP contribution in [-0.2, 0) is 9.59 Å². The van der Waals surface area contributed by atoms with Gasteiger partial charge in [0.05, 0.1) is 11.3 Å². The molecule has 0 radical (unpaired) electrons.